The van der Waals surface area contributed by atoms with E-state index < -0.39 is 0 Å². The largest absolute Gasteiger partial charge is 0.395 e. The third-order valence-electron chi connectivity index (χ3n) is 3.04. The van der Waals surface area contributed by atoms with Crippen LogP contribution in [0.25, 0.3) is 10.9 Å². The van der Waals surface area contributed by atoms with Crippen LogP contribution in [0.1, 0.15) is 10.5 Å². The third-order valence-corrected chi connectivity index (χ3v) is 3.04. The van der Waals surface area contributed by atoms with Crippen molar-refractivity contribution in [3.05, 3.63) is 42.1 Å². The molecule has 0 saturated heterocycles. The quantitative estimate of drug-likeness (QED) is 0.863. The van der Waals surface area contributed by atoms with E-state index in [0.29, 0.717) is 18.8 Å². The van der Waals surface area contributed by atoms with Crippen LogP contribution in [-0.2, 0) is 4.74 Å². The summed E-state index contributed by atoms with van der Waals surface area (Å²) in [5.74, 6) is -0.193. The van der Waals surface area contributed by atoms with Gasteiger partial charge in [0, 0.05) is 25.6 Å². The topological polar surface area (TPSA) is 62.7 Å². The maximum Gasteiger partial charge on any atom is 0.272 e. The lowest BCUT2D eigenvalue weighted by atomic mass is 10.2. The molecule has 0 aliphatic heterocycles. The molecule has 0 unspecified atom stereocenters. The normalized spacial score (nSPS) is 10.7. The monoisotopic (exact) mass is 274 g/mol. The van der Waals surface area contributed by atoms with Gasteiger partial charge in [-0.15, -0.1) is 0 Å². The maximum absolute atomic E-state index is 12.4. The second kappa shape index (κ2) is 6.98. The molecule has 1 aromatic carbocycles. The minimum Gasteiger partial charge on any atom is -0.395 e. The molecule has 20 heavy (non-hydrogen) atoms. The van der Waals surface area contributed by atoms with Crippen molar-refractivity contribution in [1.82, 2.24) is 9.88 Å². The molecular formula is C15H18N2O3. The molecule has 1 aromatic heterocycles. The van der Waals surface area contributed by atoms with Gasteiger partial charge in [-0.1, -0.05) is 24.3 Å². The zero-order valence-electron chi connectivity index (χ0n) is 11.5. The molecule has 0 bridgehead atoms. The fraction of sp³-hybridized carbons (Fsp3) is 0.333. The summed E-state index contributed by atoms with van der Waals surface area (Å²) < 4.78 is 4.98. The van der Waals surface area contributed by atoms with Gasteiger partial charge in [-0.05, 0) is 12.1 Å². The molecule has 5 nitrogen and oxygen atoms in total. The Balaban J connectivity index is 2.23. The fourth-order valence-corrected chi connectivity index (χ4v) is 1.98. The Morgan fingerprint density at radius 1 is 1.25 bits per heavy atom. The van der Waals surface area contributed by atoms with E-state index in [-0.39, 0.29) is 19.1 Å². The van der Waals surface area contributed by atoms with Gasteiger partial charge in [-0.2, -0.15) is 0 Å². The molecule has 1 heterocycles. The summed E-state index contributed by atoms with van der Waals surface area (Å²) in [6.07, 6.45) is 0. The number of carbonyl (C=O) groups is 1. The molecule has 2 rings (SSSR count). The van der Waals surface area contributed by atoms with E-state index in [4.69, 9.17) is 9.84 Å². The van der Waals surface area contributed by atoms with E-state index in [9.17, 15) is 4.79 Å². The maximum atomic E-state index is 12.4. The van der Waals surface area contributed by atoms with Crippen LogP contribution in [0, 0.1) is 0 Å². The van der Waals surface area contributed by atoms with Crippen LogP contribution in [0.5, 0.6) is 0 Å². The lowest BCUT2D eigenvalue weighted by Crippen LogP contribution is -2.36. The number of carbonyl (C=O) groups excluding carboxylic acids is 1. The van der Waals surface area contributed by atoms with Gasteiger partial charge >= 0.3 is 0 Å². The fourth-order valence-electron chi connectivity index (χ4n) is 1.98. The summed E-state index contributed by atoms with van der Waals surface area (Å²) in [6.45, 7) is 1.06. The van der Waals surface area contributed by atoms with E-state index in [1.807, 2.05) is 30.3 Å². The van der Waals surface area contributed by atoms with Gasteiger partial charge in [0.2, 0.25) is 0 Å². The summed E-state index contributed by atoms with van der Waals surface area (Å²) in [5, 5.41) is 10.0. The lowest BCUT2D eigenvalue weighted by Gasteiger charge is -2.21. The van der Waals surface area contributed by atoms with Gasteiger partial charge in [0.15, 0.2) is 0 Å². The summed E-state index contributed by atoms with van der Waals surface area (Å²) >= 11 is 0. The molecule has 0 atom stereocenters. The highest BCUT2D eigenvalue weighted by molar-refractivity contribution is 5.94. The second-order valence-electron chi connectivity index (χ2n) is 4.40. The number of hydrogen-bond acceptors (Lipinski definition) is 4. The first-order valence-corrected chi connectivity index (χ1v) is 6.51. The molecular weight excluding hydrogens is 256 g/mol. The average Bonchev–Trinajstić information content (AvgIpc) is 2.50. The van der Waals surface area contributed by atoms with Crippen molar-refractivity contribution in [3.63, 3.8) is 0 Å². The highest BCUT2D eigenvalue weighted by Crippen LogP contribution is 2.13. The van der Waals surface area contributed by atoms with Gasteiger partial charge in [0.25, 0.3) is 5.91 Å². The third kappa shape index (κ3) is 3.31. The molecule has 106 valence electrons. The van der Waals surface area contributed by atoms with Gasteiger partial charge in [0.1, 0.15) is 5.69 Å². The molecule has 2 aromatic rings. The molecule has 5 heteroatoms. The Bertz CT molecular complexity index is 586. The molecule has 0 spiro atoms. The van der Waals surface area contributed by atoms with Crippen LogP contribution in [0.2, 0.25) is 0 Å². The average molecular weight is 274 g/mol. The number of methoxy groups -OCH3 is 1. The standard InChI is InChI=1S/C15H18N2O3/c1-20-11-9-17(8-10-18)15(19)14-7-6-12-4-2-3-5-13(12)16-14/h2-7,18H,8-11H2,1H3. The number of fused-ring (bicyclic) bond motifs is 1. The van der Waals surface area contributed by atoms with Crippen LogP contribution < -0.4 is 0 Å². The number of rotatable bonds is 6. The first-order valence-electron chi connectivity index (χ1n) is 6.51. The van der Waals surface area contributed by atoms with E-state index in [2.05, 4.69) is 4.98 Å². The number of aliphatic hydroxyl groups excluding tert-OH is 1. The predicted molar refractivity (Wildman–Crippen MR) is 76.6 cm³/mol. The SMILES string of the molecule is COCCN(CCO)C(=O)c1ccc2ccccc2n1. The molecule has 1 N–H and O–H groups in total. The Morgan fingerprint density at radius 3 is 2.80 bits per heavy atom. The van der Waals surface area contributed by atoms with E-state index in [1.165, 1.54) is 0 Å². The van der Waals surface area contributed by atoms with Crippen LogP contribution in [0.3, 0.4) is 0 Å². The van der Waals surface area contributed by atoms with Gasteiger partial charge < -0.3 is 14.7 Å². The number of benzene rings is 1. The Labute approximate surface area is 117 Å². The highest BCUT2D eigenvalue weighted by Gasteiger charge is 2.16. The molecule has 0 radical (unpaired) electrons. The first-order chi connectivity index (χ1) is 9.76. The predicted octanol–water partition coefficient (Wildman–Crippen LogP) is 1.32. The van der Waals surface area contributed by atoms with Crippen LogP contribution in [0.4, 0.5) is 0 Å². The van der Waals surface area contributed by atoms with Crippen molar-refractivity contribution in [2.24, 2.45) is 0 Å². The van der Waals surface area contributed by atoms with Gasteiger partial charge in [-0.25, -0.2) is 4.98 Å². The molecule has 0 fully saturated rings. The van der Waals surface area contributed by atoms with Crippen molar-refractivity contribution in [1.29, 1.82) is 0 Å². The molecule has 1 amide bonds. The van der Waals surface area contributed by atoms with E-state index >= 15 is 0 Å². The number of ether oxygens (including phenoxy) is 1. The van der Waals surface area contributed by atoms with Crippen molar-refractivity contribution in [2.45, 2.75) is 0 Å². The summed E-state index contributed by atoms with van der Waals surface area (Å²) in [6, 6.07) is 11.2. The first kappa shape index (κ1) is 14.4. The van der Waals surface area contributed by atoms with Crippen LogP contribution in [0.15, 0.2) is 36.4 Å². The molecule has 0 aliphatic carbocycles. The number of aromatic nitrogens is 1. The summed E-state index contributed by atoms with van der Waals surface area (Å²) in [4.78, 5) is 18.3. The van der Waals surface area contributed by atoms with Crippen molar-refractivity contribution >= 4 is 16.8 Å². The number of aliphatic hydroxyl groups is 1. The number of amides is 1. The van der Waals surface area contributed by atoms with E-state index in [0.717, 1.165) is 10.9 Å². The smallest absolute Gasteiger partial charge is 0.272 e. The number of nitrogens with zero attached hydrogens (tertiary/aromatic N) is 2. The zero-order valence-corrected chi connectivity index (χ0v) is 11.5. The van der Waals surface area contributed by atoms with Crippen molar-refractivity contribution in [2.75, 3.05) is 33.4 Å². The second-order valence-corrected chi connectivity index (χ2v) is 4.40. The van der Waals surface area contributed by atoms with Crippen LogP contribution >= 0.6 is 0 Å². The number of para-hydroxylation sites is 1. The Kier molecular flexibility index (Phi) is 5.03. The summed E-state index contributed by atoms with van der Waals surface area (Å²) in [5.41, 5.74) is 1.17. The van der Waals surface area contributed by atoms with Crippen molar-refractivity contribution < 1.29 is 14.6 Å². The minimum absolute atomic E-state index is 0.0803. The number of hydrogen-bond donors (Lipinski definition) is 1. The highest BCUT2D eigenvalue weighted by atomic mass is 16.5. The minimum atomic E-state index is -0.193. The lowest BCUT2D eigenvalue weighted by molar-refractivity contribution is 0.0651. The molecule has 0 aliphatic rings. The van der Waals surface area contributed by atoms with Gasteiger partial charge in [-0.3, -0.25) is 4.79 Å². The van der Waals surface area contributed by atoms with E-state index in [1.54, 1.807) is 18.1 Å². The van der Waals surface area contributed by atoms with Crippen molar-refractivity contribution in [3.8, 4) is 0 Å². The molecule has 0 saturated carbocycles. The zero-order chi connectivity index (χ0) is 14.4. The van der Waals surface area contributed by atoms with Gasteiger partial charge in [0.05, 0.1) is 18.7 Å². The number of pyridine rings is 1. The Hall–Kier alpha value is -1.98. The van der Waals surface area contributed by atoms with Crippen LogP contribution in [-0.4, -0.2) is 54.3 Å². The summed E-state index contributed by atoms with van der Waals surface area (Å²) in [7, 11) is 1.58. The Morgan fingerprint density at radius 2 is 2.05 bits per heavy atom.